The molecule has 0 atom stereocenters. The molecule has 0 saturated carbocycles. The van der Waals surface area contributed by atoms with Gasteiger partial charge in [-0.1, -0.05) is 18.2 Å². The van der Waals surface area contributed by atoms with E-state index >= 15 is 0 Å². The fourth-order valence-electron chi connectivity index (χ4n) is 3.09. The molecule has 24 heavy (non-hydrogen) atoms. The Bertz CT molecular complexity index is 724. The Morgan fingerprint density at radius 1 is 1.17 bits per heavy atom. The number of piperazine rings is 1. The van der Waals surface area contributed by atoms with Crippen molar-refractivity contribution >= 4 is 27.5 Å². The van der Waals surface area contributed by atoms with Crippen LogP contribution in [0.25, 0.3) is 10.1 Å². The molecule has 2 heterocycles. The van der Waals surface area contributed by atoms with E-state index in [9.17, 15) is 4.79 Å². The number of carbonyl (C=O) groups excluding carboxylic acids is 1. The third-order valence-electron chi connectivity index (χ3n) is 4.45. The van der Waals surface area contributed by atoms with Gasteiger partial charge in [-0.05, 0) is 44.7 Å². The molecule has 5 heteroatoms. The Kier molecular flexibility index (Phi) is 4.83. The Labute approximate surface area is 148 Å². The number of urea groups is 1. The van der Waals surface area contributed by atoms with Gasteiger partial charge in [0.05, 0.1) is 0 Å². The highest BCUT2D eigenvalue weighted by Gasteiger charge is 2.24. The van der Waals surface area contributed by atoms with E-state index in [1.54, 1.807) is 0 Å². The van der Waals surface area contributed by atoms with Crippen LogP contribution in [0.5, 0.6) is 0 Å². The number of carbonyl (C=O) groups is 1. The second kappa shape index (κ2) is 6.73. The molecule has 1 aromatic carbocycles. The summed E-state index contributed by atoms with van der Waals surface area (Å²) in [5.41, 5.74) is 1.23. The molecular formula is C19H27N3OS. The number of aryl methyl sites for hydroxylation is 1. The molecule has 2 aromatic rings. The van der Waals surface area contributed by atoms with Crippen molar-refractivity contribution in [1.82, 2.24) is 15.1 Å². The maximum absolute atomic E-state index is 12.2. The highest BCUT2D eigenvalue weighted by molar-refractivity contribution is 7.19. The number of benzene rings is 1. The quantitative estimate of drug-likeness (QED) is 0.898. The van der Waals surface area contributed by atoms with E-state index in [0.29, 0.717) is 0 Å². The maximum atomic E-state index is 12.2. The third-order valence-corrected chi connectivity index (χ3v) is 5.71. The molecule has 130 valence electrons. The minimum atomic E-state index is -0.178. The zero-order chi connectivity index (χ0) is 17.3. The second-order valence-electron chi connectivity index (χ2n) is 7.59. The standard InChI is InChI=1S/C19H27N3OS/c1-14-15-7-5-6-8-16(15)24-17(14)13-21-9-11-22(12-10-21)18(23)20-19(2,3)4/h5-8H,9-13H2,1-4H3,(H,20,23). The predicted molar refractivity (Wildman–Crippen MR) is 102 cm³/mol. The van der Waals surface area contributed by atoms with Gasteiger partial charge in [-0.3, -0.25) is 4.90 Å². The average molecular weight is 346 g/mol. The van der Waals surface area contributed by atoms with Gasteiger partial charge in [0, 0.05) is 47.8 Å². The van der Waals surface area contributed by atoms with E-state index in [4.69, 9.17) is 0 Å². The topological polar surface area (TPSA) is 35.6 Å². The van der Waals surface area contributed by atoms with Gasteiger partial charge in [0.2, 0.25) is 0 Å². The monoisotopic (exact) mass is 345 g/mol. The van der Waals surface area contributed by atoms with Crippen LogP contribution in [0.3, 0.4) is 0 Å². The molecule has 0 aliphatic carbocycles. The molecule has 1 saturated heterocycles. The van der Waals surface area contributed by atoms with Gasteiger partial charge in [0.15, 0.2) is 0 Å². The third kappa shape index (κ3) is 3.90. The lowest BCUT2D eigenvalue weighted by Gasteiger charge is -2.36. The molecule has 0 radical (unpaired) electrons. The molecule has 3 rings (SSSR count). The smallest absolute Gasteiger partial charge is 0.317 e. The van der Waals surface area contributed by atoms with Crippen LogP contribution in [0.1, 0.15) is 31.2 Å². The largest absolute Gasteiger partial charge is 0.333 e. The predicted octanol–water partition coefficient (Wildman–Crippen LogP) is 3.84. The number of hydrogen-bond acceptors (Lipinski definition) is 3. The Morgan fingerprint density at radius 3 is 2.46 bits per heavy atom. The summed E-state index contributed by atoms with van der Waals surface area (Å²) in [4.78, 5) is 18.1. The lowest BCUT2D eigenvalue weighted by atomic mass is 10.1. The first-order valence-electron chi connectivity index (χ1n) is 8.60. The zero-order valence-corrected chi connectivity index (χ0v) is 15.9. The van der Waals surface area contributed by atoms with E-state index in [1.807, 2.05) is 37.0 Å². The van der Waals surface area contributed by atoms with Crippen molar-refractivity contribution in [3.8, 4) is 0 Å². The van der Waals surface area contributed by atoms with Gasteiger partial charge in [-0.2, -0.15) is 0 Å². The van der Waals surface area contributed by atoms with Gasteiger partial charge in [0.1, 0.15) is 0 Å². The molecular weight excluding hydrogens is 318 g/mol. The highest BCUT2D eigenvalue weighted by Crippen LogP contribution is 2.31. The summed E-state index contributed by atoms with van der Waals surface area (Å²) >= 11 is 1.90. The van der Waals surface area contributed by atoms with E-state index < -0.39 is 0 Å². The summed E-state index contributed by atoms with van der Waals surface area (Å²) < 4.78 is 1.37. The second-order valence-corrected chi connectivity index (χ2v) is 8.73. The molecule has 4 nitrogen and oxygen atoms in total. The number of amides is 2. The van der Waals surface area contributed by atoms with Gasteiger partial charge in [-0.25, -0.2) is 4.79 Å². The molecule has 2 amide bonds. The number of fused-ring (bicyclic) bond motifs is 1. The Hall–Kier alpha value is -1.59. The molecule has 1 aliphatic heterocycles. The summed E-state index contributed by atoms with van der Waals surface area (Å²) in [6, 6.07) is 8.68. The van der Waals surface area contributed by atoms with Gasteiger partial charge < -0.3 is 10.2 Å². The van der Waals surface area contributed by atoms with Crippen LogP contribution in [-0.4, -0.2) is 47.5 Å². The van der Waals surface area contributed by atoms with Gasteiger partial charge in [0.25, 0.3) is 0 Å². The van der Waals surface area contributed by atoms with Crippen molar-refractivity contribution < 1.29 is 4.79 Å². The lowest BCUT2D eigenvalue weighted by molar-refractivity contribution is 0.131. The summed E-state index contributed by atoms with van der Waals surface area (Å²) in [6.07, 6.45) is 0. The number of rotatable bonds is 2. The fourth-order valence-corrected chi connectivity index (χ4v) is 4.34. The van der Waals surface area contributed by atoms with Crippen molar-refractivity contribution in [1.29, 1.82) is 0 Å². The minimum Gasteiger partial charge on any atom is -0.333 e. The van der Waals surface area contributed by atoms with Crippen LogP contribution in [0.15, 0.2) is 24.3 Å². The first-order valence-corrected chi connectivity index (χ1v) is 9.41. The summed E-state index contributed by atoms with van der Waals surface area (Å²) in [6.45, 7) is 12.7. The molecule has 1 aliphatic rings. The molecule has 1 aromatic heterocycles. The molecule has 1 N–H and O–H groups in total. The number of nitrogens with zero attached hydrogens (tertiary/aromatic N) is 2. The molecule has 0 unspecified atom stereocenters. The SMILES string of the molecule is Cc1c(CN2CCN(C(=O)NC(C)(C)C)CC2)sc2ccccc12. The minimum absolute atomic E-state index is 0.0557. The van der Waals surface area contributed by atoms with Crippen LogP contribution in [-0.2, 0) is 6.54 Å². The average Bonchev–Trinajstić information content (AvgIpc) is 2.83. The highest BCUT2D eigenvalue weighted by atomic mass is 32.1. The summed E-state index contributed by atoms with van der Waals surface area (Å²) in [5.74, 6) is 0. The van der Waals surface area contributed by atoms with Gasteiger partial charge in [-0.15, -0.1) is 11.3 Å². The summed E-state index contributed by atoms with van der Waals surface area (Å²) in [7, 11) is 0. The molecule has 0 spiro atoms. The van der Waals surface area contributed by atoms with Crippen molar-refractivity contribution in [2.75, 3.05) is 26.2 Å². The molecule has 1 fully saturated rings. The number of hydrogen-bond donors (Lipinski definition) is 1. The van der Waals surface area contributed by atoms with Crippen LogP contribution in [0, 0.1) is 6.92 Å². The van der Waals surface area contributed by atoms with E-state index in [-0.39, 0.29) is 11.6 Å². The van der Waals surface area contributed by atoms with Crippen LogP contribution >= 0.6 is 11.3 Å². The van der Waals surface area contributed by atoms with Crippen molar-refractivity contribution in [3.05, 3.63) is 34.7 Å². The van der Waals surface area contributed by atoms with Crippen molar-refractivity contribution in [2.24, 2.45) is 0 Å². The fraction of sp³-hybridized carbons (Fsp3) is 0.526. The van der Waals surface area contributed by atoms with Crippen LogP contribution < -0.4 is 5.32 Å². The number of thiophene rings is 1. The van der Waals surface area contributed by atoms with E-state index in [1.165, 1.54) is 20.5 Å². The van der Waals surface area contributed by atoms with Gasteiger partial charge >= 0.3 is 6.03 Å². The first-order chi connectivity index (χ1) is 11.3. The number of nitrogens with one attached hydrogen (secondary N) is 1. The van der Waals surface area contributed by atoms with E-state index in [2.05, 4.69) is 41.4 Å². The lowest BCUT2D eigenvalue weighted by Crippen LogP contribution is -2.54. The van der Waals surface area contributed by atoms with Crippen molar-refractivity contribution in [2.45, 2.75) is 39.8 Å². The normalized spacial score (nSPS) is 16.6. The van der Waals surface area contributed by atoms with Crippen molar-refractivity contribution in [3.63, 3.8) is 0 Å². The van der Waals surface area contributed by atoms with Crippen LogP contribution in [0.2, 0.25) is 0 Å². The first kappa shape index (κ1) is 17.2. The Balaban J connectivity index is 1.59. The zero-order valence-electron chi connectivity index (χ0n) is 15.1. The van der Waals surface area contributed by atoms with E-state index in [0.717, 1.165) is 32.7 Å². The molecule has 0 bridgehead atoms. The Morgan fingerprint density at radius 2 is 1.83 bits per heavy atom. The van der Waals surface area contributed by atoms with Crippen LogP contribution in [0.4, 0.5) is 4.79 Å². The maximum Gasteiger partial charge on any atom is 0.317 e. The summed E-state index contributed by atoms with van der Waals surface area (Å²) in [5, 5.41) is 4.43.